The Balaban J connectivity index is 1.44. The third kappa shape index (κ3) is 4.56. The summed E-state index contributed by atoms with van der Waals surface area (Å²) in [4.78, 5) is 12.5. The van der Waals surface area contributed by atoms with Crippen molar-refractivity contribution in [1.29, 1.82) is 0 Å². The van der Waals surface area contributed by atoms with Crippen LogP contribution in [0.3, 0.4) is 0 Å². The standard InChI is InChI=1S/C24H24N4O6/c1-14-10-15(2)28(27-14)18-8-6-16(7-9-18)24(29)33-13-21-25-26-23(34-21)17-11-19(30-3)22(32-5)20(12-17)31-4/h6-12H,13H2,1-5H3. The van der Waals surface area contributed by atoms with E-state index in [4.69, 9.17) is 23.4 Å². The molecular weight excluding hydrogens is 440 g/mol. The maximum atomic E-state index is 12.5. The summed E-state index contributed by atoms with van der Waals surface area (Å²) >= 11 is 0. The molecule has 0 atom stereocenters. The Bertz CT molecular complexity index is 1280. The summed E-state index contributed by atoms with van der Waals surface area (Å²) in [6, 6.07) is 12.4. The molecule has 0 bridgehead atoms. The number of carbonyl (C=O) groups excluding carboxylic acids is 1. The minimum atomic E-state index is -0.507. The molecule has 0 aliphatic heterocycles. The topological polar surface area (TPSA) is 111 Å². The van der Waals surface area contributed by atoms with Gasteiger partial charge in [0.25, 0.3) is 5.89 Å². The first-order valence-corrected chi connectivity index (χ1v) is 10.4. The Morgan fingerprint density at radius 3 is 2.18 bits per heavy atom. The van der Waals surface area contributed by atoms with Crippen LogP contribution in [0.2, 0.25) is 0 Å². The molecule has 176 valence electrons. The lowest BCUT2D eigenvalue weighted by Gasteiger charge is -2.12. The van der Waals surface area contributed by atoms with Crippen LogP contribution in [0, 0.1) is 13.8 Å². The quantitative estimate of drug-likeness (QED) is 0.358. The molecule has 0 saturated heterocycles. The first-order valence-electron chi connectivity index (χ1n) is 10.4. The highest BCUT2D eigenvalue weighted by Crippen LogP contribution is 2.40. The van der Waals surface area contributed by atoms with Crippen LogP contribution in [0.5, 0.6) is 17.2 Å². The zero-order valence-corrected chi connectivity index (χ0v) is 19.5. The van der Waals surface area contributed by atoms with Crippen LogP contribution >= 0.6 is 0 Å². The molecule has 0 spiro atoms. The van der Waals surface area contributed by atoms with Gasteiger partial charge >= 0.3 is 5.97 Å². The molecule has 10 heteroatoms. The van der Waals surface area contributed by atoms with Crippen molar-refractivity contribution in [3.63, 3.8) is 0 Å². The number of carbonyl (C=O) groups is 1. The number of benzene rings is 2. The van der Waals surface area contributed by atoms with Crippen LogP contribution in [0.1, 0.15) is 27.6 Å². The maximum absolute atomic E-state index is 12.5. The third-order valence-electron chi connectivity index (χ3n) is 5.06. The molecule has 0 N–H and O–H groups in total. The maximum Gasteiger partial charge on any atom is 0.338 e. The van der Waals surface area contributed by atoms with Crippen molar-refractivity contribution in [2.75, 3.05) is 21.3 Å². The van der Waals surface area contributed by atoms with Crippen LogP contribution in [0.25, 0.3) is 17.1 Å². The van der Waals surface area contributed by atoms with Crippen molar-refractivity contribution in [1.82, 2.24) is 20.0 Å². The van der Waals surface area contributed by atoms with Gasteiger partial charge in [-0.3, -0.25) is 0 Å². The average molecular weight is 464 g/mol. The molecule has 0 fully saturated rings. The van der Waals surface area contributed by atoms with E-state index < -0.39 is 5.97 Å². The lowest BCUT2D eigenvalue weighted by molar-refractivity contribution is 0.0438. The predicted octanol–water partition coefficient (Wildman–Crippen LogP) is 3.92. The van der Waals surface area contributed by atoms with Gasteiger partial charge in [-0.25, -0.2) is 9.48 Å². The van der Waals surface area contributed by atoms with E-state index in [1.165, 1.54) is 21.3 Å². The summed E-state index contributed by atoms with van der Waals surface area (Å²) in [7, 11) is 4.55. The van der Waals surface area contributed by atoms with Crippen molar-refractivity contribution in [2.24, 2.45) is 0 Å². The first-order chi connectivity index (χ1) is 16.4. The van der Waals surface area contributed by atoms with Gasteiger partial charge in [0.15, 0.2) is 18.1 Å². The van der Waals surface area contributed by atoms with Crippen LogP contribution in [-0.4, -0.2) is 47.3 Å². The molecule has 2 aromatic heterocycles. The lowest BCUT2D eigenvalue weighted by atomic mass is 10.2. The van der Waals surface area contributed by atoms with E-state index in [-0.39, 0.29) is 18.4 Å². The van der Waals surface area contributed by atoms with E-state index in [1.807, 2.05) is 36.7 Å². The molecule has 0 aliphatic carbocycles. The van der Waals surface area contributed by atoms with Gasteiger partial charge in [0.2, 0.25) is 11.6 Å². The van der Waals surface area contributed by atoms with E-state index in [1.54, 1.807) is 24.3 Å². The summed E-state index contributed by atoms with van der Waals surface area (Å²) < 4.78 is 28.8. The van der Waals surface area contributed by atoms with Gasteiger partial charge < -0.3 is 23.4 Å². The summed E-state index contributed by atoms with van der Waals surface area (Å²) in [5.41, 5.74) is 3.75. The number of nitrogens with zero attached hydrogens (tertiary/aromatic N) is 4. The van der Waals surface area contributed by atoms with E-state index >= 15 is 0 Å². The molecule has 4 rings (SSSR count). The monoisotopic (exact) mass is 464 g/mol. The van der Waals surface area contributed by atoms with Crippen molar-refractivity contribution in [3.05, 3.63) is 65.3 Å². The second-order valence-corrected chi connectivity index (χ2v) is 7.38. The van der Waals surface area contributed by atoms with Gasteiger partial charge in [0, 0.05) is 11.3 Å². The first kappa shape index (κ1) is 22.8. The number of aryl methyl sites for hydroxylation is 2. The fourth-order valence-electron chi connectivity index (χ4n) is 3.47. The Hall–Kier alpha value is -4.34. The molecule has 4 aromatic rings. The van der Waals surface area contributed by atoms with Gasteiger partial charge in [-0.1, -0.05) is 0 Å². The van der Waals surface area contributed by atoms with Crippen molar-refractivity contribution < 1.29 is 28.2 Å². The number of methoxy groups -OCH3 is 3. The molecule has 0 saturated carbocycles. The number of hydrogen-bond donors (Lipinski definition) is 0. The van der Waals surface area contributed by atoms with E-state index in [2.05, 4.69) is 15.3 Å². The van der Waals surface area contributed by atoms with Gasteiger partial charge in [-0.2, -0.15) is 5.10 Å². The third-order valence-corrected chi connectivity index (χ3v) is 5.06. The van der Waals surface area contributed by atoms with Gasteiger partial charge in [-0.15, -0.1) is 10.2 Å². The van der Waals surface area contributed by atoms with Crippen LogP contribution in [-0.2, 0) is 11.3 Å². The normalized spacial score (nSPS) is 10.7. The zero-order chi connectivity index (χ0) is 24.2. The predicted molar refractivity (Wildman–Crippen MR) is 122 cm³/mol. The Labute approximate surface area is 196 Å². The Morgan fingerprint density at radius 2 is 1.62 bits per heavy atom. The van der Waals surface area contributed by atoms with E-state index in [0.717, 1.165) is 17.1 Å². The molecule has 0 radical (unpaired) electrons. The number of hydrogen-bond acceptors (Lipinski definition) is 9. The summed E-state index contributed by atoms with van der Waals surface area (Å²) in [6.07, 6.45) is 0. The number of aromatic nitrogens is 4. The highest BCUT2D eigenvalue weighted by atomic mass is 16.5. The minimum Gasteiger partial charge on any atom is -0.493 e. The zero-order valence-electron chi connectivity index (χ0n) is 19.5. The second kappa shape index (κ2) is 9.65. The van der Waals surface area contributed by atoms with Crippen molar-refractivity contribution in [2.45, 2.75) is 20.5 Å². The molecule has 0 aliphatic rings. The van der Waals surface area contributed by atoms with Gasteiger partial charge in [-0.05, 0) is 56.3 Å². The SMILES string of the molecule is COc1cc(-c2nnc(COC(=O)c3ccc(-n4nc(C)cc4C)cc3)o2)cc(OC)c1OC. The molecule has 10 nitrogen and oxygen atoms in total. The van der Waals surface area contributed by atoms with Gasteiger partial charge in [0.05, 0.1) is 38.3 Å². The summed E-state index contributed by atoms with van der Waals surface area (Å²) in [5.74, 6) is 1.22. The molecule has 34 heavy (non-hydrogen) atoms. The number of rotatable bonds is 8. The Kier molecular flexibility index (Phi) is 6.48. The molecular formula is C24H24N4O6. The Morgan fingerprint density at radius 1 is 0.941 bits per heavy atom. The number of esters is 1. The molecule has 2 aromatic carbocycles. The van der Waals surface area contributed by atoms with Crippen molar-refractivity contribution >= 4 is 5.97 Å². The smallest absolute Gasteiger partial charge is 0.338 e. The largest absolute Gasteiger partial charge is 0.493 e. The summed E-state index contributed by atoms with van der Waals surface area (Å²) in [6.45, 7) is 3.73. The highest BCUT2D eigenvalue weighted by molar-refractivity contribution is 5.89. The lowest BCUT2D eigenvalue weighted by Crippen LogP contribution is -2.06. The van der Waals surface area contributed by atoms with Gasteiger partial charge in [0.1, 0.15) is 0 Å². The minimum absolute atomic E-state index is 0.149. The van der Waals surface area contributed by atoms with E-state index in [9.17, 15) is 4.79 Å². The molecule has 0 unspecified atom stereocenters. The second-order valence-electron chi connectivity index (χ2n) is 7.38. The summed E-state index contributed by atoms with van der Waals surface area (Å²) in [5, 5.41) is 12.4. The fraction of sp³-hybridized carbons (Fsp3) is 0.250. The van der Waals surface area contributed by atoms with Crippen LogP contribution in [0.15, 0.2) is 46.9 Å². The highest BCUT2D eigenvalue weighted by Gasteiger charge is 2.18. The average Bonchev–Trinajstić information content (AvgIpc) is 3.47. The molecule has 0 amide bonds. The fourth-order valence-corrected chi connectivity index (χ4v) is 3.47. The van der Waals surface area contributed by atoms with Crippen LogP contribution in [0.4, 0.5) is 0 Å². The van der Waals surface area contributed by atoms with Crippen LogP contribution < -0.4 is 14.2 Å². The van der Waals surface area contributed by atoms with Crippen molar-refractivity contribution in [3.8, 4) is 34.4 Å². The van der Waals surface area contributed by atoms with E-state index in [0.29, 0.717) is 28.4 Å². The molecule has 2 heterocycles. The number of ether oxygens (including phenoxy) is 4.